The van der Waals surface area contributed by atoms with Crippen molar-refractivity contribution in [1.29, 1.82) is 0 Å². The number of carbonyl (C=O) groups is 1. The molecule has 0 aliphatic heterocycles. The first-order valence-electron chi connectivity index (χ1n) is 7.60. The number of hydrogen-bond donors (Lipinski definition) is 1. The fourth-order valence-electron chi connectivity index (χ4n) is 2.78. The first kappa shape index (κ1) is 13.7. The summed E-state index contributed by atoms with van der Waals surface area (Å²) in [4.78, 5) is 12.5. The number of nitrogens with one attached hydrogen (secondary N) is 1. The van der Waals surface area contributed by atoms with E-state index < -0.39 is 0 Å². The Hall–Kier alpha value is -2.95. The minimum atomic E-state index is -0.189. The van der Waals surface area contributed by atoms with Crippen molar-refractivity contribution in [2.75, 3.05) is 0 Å². The van der Waals surface area contributed by atoms with Crippen LogP contribution in [0, 0.1) is 0 Å². The van der Waals surface area contributed by atoms with Gasteiger partial charge >= 0.3 is 0 Å². The average molecular weight is 304 g/mol. The Balaban J connectivity index is 1.52. The van der Waals surface area contributed by atoms with Gasteiger partial charge < -0.3 is 5.32 Å². The lowest BCUT2D eigenvalue weighted by Crippen LogP contribution is -2.34. The van der Waals surface area contributed by atoms with Gasteiger partial charge in [0.05, 0.1) is 5.54 Å². The number of aromatic nitrogens is 3. The second-order valence-corrected chi connectivity index (χ2v) is 5.82. The number of rotatable bonds is 4. The highest BCUT2D eigenvalue weighted by atomic mass is 16.1. The van der Waals surface area contributed by atoms with E-state index in [1.165, 1.54) is 5.56 Å². The highest BCUT2D eigenvalue weighted by Crippen LogP contribution is 2.45. The van der Waals surface area contributed by atoms with Gasteiger partial charge in [0.2, 0.25) is 0 Å². The molecular weight excluding hydrogens is 288 g/mol. The standard InChI is InChI=1S/C18H16N4O/c23-17(21-18(10-11-18)15-4-2-1-3-5-15)14-6-8-16(9-7-14)22-12-19-20-13-22/h1-9,12-13H,10-11H2,(H,21,23). The van der Waals surface area contributed by atoms with Gasteiger partial charge in [-0.1, -0.05) is 30.3 Å². The molecule has 1 aliphatic rings. The van der Waals surface area contributed by atoms with Gasteiger partial charge in [-0.15, -0.1) is 10.2 Å². The summed E-state index contributed by atoms with van der Waals surface area (Å²) in [6, 6.07) is 17.6. The summed E-state index contributed by atoms with van der Waals surface area (Å²) in [7, 11) is 0. The van der Waals surface area contributed by atoms with E-state index in [1.807, 2.05) is 42.5 Å². The number of carbonyl (C=O) groups excluding carboxylic acids is 1. The molecule has 0 radical (unpaired) electrons. The molecule has 0 saturated heterocycles. The van der Waals surface area contributed by atoms with Crippen LogP contribution >= 0.6 is 0 Å². The van der Waals surface area contributed by atoms with Gasteiger partial charge in [-0.2, -0.15) is 0 Å². The van der Waals surface area contributed by atoms with Crippen LogP contribution in [-0.4, -0.2) is 20.7 Å². The summed E-state index contributed by atoms with van der Waals surface area (Å²) in [5, 5.41) is 10.7. The van der Waals surface area contributed by atoms with Crippen LogP contribution in [0.3, 0.4) is 0 Å². The van der Waals surface area contributed by atoms with Crippen molar-refractivity contribution < 1.29 is 4.79 Å². The quantitative estimate of drug-likeness (QED) is 0.806. The largest absolute Gasteiger partial charge is 0.343 e. The first-order chi connectivity index (χ1) is 11.3. The number of hydrogen-bond acceptors (Lipinski definition) is 3. The molecule has 2 aromatic carbocycles. The maximum atomic E-state index is 12.5. The molecule has 1 N–H and O–H groups in total. The van der Waals surface area contributed by atoms with E-state index in [1.54, 1.807) is 17.2 Å². The van der Waals surface area contributed by atoms with E-state index in [2.05, 4.69) is 27.6 Å². The molecule has 5 nitrogen and oxygen atoms in total. The van der Waals surface area contributed by atoms with Crippen molar-refractivity contribution >= 4 is 5.91 Å². The van der Waals surface area contributed by atoms with Gasteiger partial charge in [0.25, 0.3) is 5.91 Å². The van der Waals surface area contributed by atoms with Crippen molar-refractivity contribution in [3.8, 4) is 5.69 Å². The molecule has 5 heteroatoms. The topological polar surface area (TPSA) is 59.8 Å². The van der Waals surface area contributed by atoms with Gasteiger partial charge in [0.1, 0.15) is 12.7 Å². The summed E-state index contributed by atoms with van der Waals surface area (Å²) in [6.07, 6.45) is 5.23. The highest BCUT2D eigenvalue weighted by molar-refractivity contribution is 5.95. The lowest BCUT2D eigenvalue weighted by atomic mass is 10.0. The van der Waals surface area contributed by atoms with Crippen molar-refractivity contribution in [1.82, 2.24) is 20.1 Å². The molecule has 3 aromatic rings. The van der Waals surface area contributed by atoms with Crippen LogP contribution < -0.4 is 5.32 Å². The smallest absolute Gasteiger partial charge is 0.251 e. The number of nitrogens with zero attached hydrogens (tertiary/aromatic N) is 3. The summed E-state index contributed by atoms with van der Waals surface area (Å²) in [6.45, 7) is 0. The zero-order chi connectivity index (χ0) is 15.7. The minimum absolute atomic E-state index is 0.0401. The molecule has 1 heterocycles. The normalized spacial score (nSPS) is 15.1. The molecule has 0 atom stereocenters. The molecular formula is C18H16N4O. The van der Waals surface area contributed by atoms with Gasteiger partial charge in [-0.3, -0.25) is 9.36 Å². The minimum Gasteiger partial charge on any atom is -0.343 e. The molecule has 4 rings (SSSR count). The third kappa shape index (κ3) is 2.61. The Morgan fingerprint density at radius 2 is 1.61 bits per heavy atom. The molecule has 0 unspecified atom stereocenters. The van der Waals surface area contributed by atoms with Crippen LogP contribution in [0.2, 0.25) is 0 Å². The Labute approximate surface area is 134 Å². The molecule has 1 fully saturated rings. The van der Waals surface area contributed by atoms with E-state index in [0.29, 0.717) is 5.56 Å². The van der Waals surface area contributed by atoms with E-state index in [4.69, 9.17) is 0 Å². The fraction of sp³-hybridized carbons (Fsp3) is 0.167. The average Bonchev–Trinajstić information content (AvgIpc) is 3.18. The zero-order valence-electron chi connectivity index (χ0n) is 12.5. The van der Waals surface area contributed by atoms with E-state index >= 15 is 0 Å². The second-order valence-electron chi connectivity index (χ2n) is 5.82. The summed E-state index contributed by atoms with van der Waals surface area (Å²) < 4.78 is 1.80. The Morgan fingerprint density at radius 3 is 2.22 bits per heavy atom. The predicted molar refractivity (Wildman–Crippen MR) is 86.2 cm³/mol. The molecule has 0 bridgehead atoms. The zero-order valence-corrected chi connectivity index (χ0v) is 12.5. The van der Waals surface area contributed by atoms with Gasteiger partial charge in [0.15, 0.2) is 0 Å². The summed E-state index contributed by atoms with van der Waals surface area (Å²) in [5.41, 5.74) is 2.57. The van der Waals surface area contributed by atoms with Crippen LogP contribution in [0.25, 0.3) is 5.69 Å². The number of benzene rings is 2. The van der Waals surface area contributed by atoms with Crippen LogP contribution in [0.4, 0.5) is 0 Å². The van der Waals surface area contributed by atoms with Crippen LogP contribution in [0.5, 0.6) is 0 Å². The van der Waals surface area contributed by atoms with Gasteiger partial charge in [-0.05, 0) is 42.7 Å². The summed E-state index contributed by atoms with van der Waals surface area (Å²) >= 11 is 0. The van der Waals surface area contributed by atoms with Crippen molar-refractivity contribution in [2.45, 2.75) is 18.4 Å². The molecule has 1 saturated carbocycles. The van der Waals surface area contributed by atoms with Crippen LogP contribution in [-0.2, 0) is 5.54 Å². The Kier molecular flexibility index (Phi) is 3.19. The van der Waals surface area contributed by atoms with Gasteiger partial charge in [0, 0.05) is 11.3 Å². The molecule has 114 valence electrons. The fourth-order valence-corrected chi connectivity index (χ4v) is 2.78. The van der Waals surface area contributed by atoms with Crippen molar-refractivity contribution in [3.63, 3.8) is 0 Å². The van der Waals surface area contributed by atoms with Gasteiger partial charge in [-0.25, -0.2) is 0 Å². The van der Waals surface area contributed by atoms with E-state index in [9.17, 15) is 4.79 Å². The lowest BCUT2D eigenvalue weighted by Gasteiger charge is -2.18. The predicted octanol–water partition coefficient (Wildman–Crippen LogP) is 2.69. The SMILES string of the molecule is O=C(NC1(c2ccccc2)CC1)c1ccc(-n2cnnc2)cc1. The molecule has 1 aliphatic carbocycles. The Bertz CT molecular complexity index is 806. The molecule has 1 aromatic heterocycles. The van der Waals surface area contributed by atoms with E-state index in [0.717, 1.165) is 18.5 Å². The molecule has 23 heavy (non-hydrogen) atoms. The Morgan fingerprint density at radius 1 is 0.957 bits per heavy atom. The maximum Gasteiger partial charge on any atom is 0.251 e. The molecule has 1 amide bonds. The lowest BCUT2D eigenvalue weighted by molar-refractivity contribution is 0.0931. The highest BCUT2D eigenvalue weighted by Gasteiger charge is 2.45. The first-order valence-corrected chi connectivity index (χ1v) is 7.60. The van der Waals surface area contributed by atoms with Crippen LogP contribution in [0.1, 0.15) is 28.8 Å². The van der Waals surface area contributed by atoms with Crippen LogP contribution in [0.15, 0.2) is 67.3 Å². The third-order valence-corrected chi connectivity index (χ3v) is 4.28. The summed E-state index contributed by atoms with van der Waals surface area (Å²) in [5.74, 6) is -0.0401. The second kappa shape index (κ2) is 5.35. The number of amides is 1. The monoisotopic (exact) mass is 304 g/mol. The molecule has 0 spiro atoms. The van der Waals surface area contributed by atoms with Crippen molar-refractivity contribution in [3.05, 3.63) is 78.4 Å². The van der Waals surface area contributed by atoms with Crippen molar-refractivity contribution in [2.24, 2.45) is 0 Å². The van der Waals surface area contributed by atoms with E-state index in [-0.39, 0.29) is 11.4 Å². The maximum absolute atomic E-state index is 12.5. The third-order valence-electron chi connectivity index (χ3n) is 4.28.